The Morgan fingerprint density at radius 3 is 2.70 bits per heavy atom. The summed E-state index contributed by atoms with van der Waals surface area (Å²) in [7, 11) is 0. The van der Waals surface area contributed by atoms with Gasteiger partial charge in [0.15, 0.2) is 5.13 Å². The molecule has 2 N–H and O–H groups in total. The predicted molar refractivity (Wildman–Crippen MR) is 93.7 cm³/mol. The van der Waals surface area contributed by atoms with E-state index in [1.165, 1.54) is 23.5 Å². The van der Waals surface area contributed by atoms with Gasteiger partial charge in [0, 0.05) is 16.4 Å². The predicted octanol–water partition coefficient (Wildman–Crippen LogP) is 4.23. The van der Waals surface area contributed by atoms with Gasteiger partial charge in [0.2, 0.25) is 0 Å². The Balaban J connectivity index is 2.06. The molecule has 122 valence electrons. The first-order valence-corrected chi connectivity index (χ1v) is 8.57. The molecular formula is C15H15Cl2N3O2S. The molecule has 8 heteroatoms. The number of halogens is 2. The van der Waals surface area contributed by atoms with E-state index in [1.54, 1.807) is 11.4 Å². The smallest absolute Gasteiger partial charge is 0.271 e. The molecule has 1 aromatic heterocycles. The van der Waals surface area contributed by atoms with E-state index in [1.807, 2.05) is 13.8 Å². The first-order valence-electron chi connectivity index (χ1n) is 6.93. The monoisotopic (exact) mass is 371 g/mol. The van der Waals surface area contributed by atoms with E-state index in [-0.39, 0.29) is 28.2 Å². The minimum absolute atomic E-state index is 0.0649. The van der Waals surface area contributed by atoms with E-state index in [2.05, 4.69) is 15.6 Å². The van der Waals surface area contributed by atoms with Gasteiger partial charge in [0.25, 0.3) is 11.8 Å². The number of carbonyl (C=O) groups excluding carboxylic acids is 2. The van der Waals surface area contributed by atoms with Crippen LogP contribution in [0, 0.1) is 0 Å². The van der Waals surface area contributed by atoms with Crippen LogP contribution in [0.15, 0.2) is 23.6 Å². The first-order chi connectivity index (χ1) is 10.9. The second-order valence-corrected chi connectivity index (χ2v) is 6.60. The topological polar surface area (TPSA) is 71.1 Å². The number of rotatable bonds is 5. The Bertz CT molecular complexity index is 733. The molecule has 5 nitrogen and oxygen atoms in total. The summed E-state index contributed by atoms with van der Waals surface area (Å²) in [6.45, 7) is 3.89. The summed E-state index contributed by atoms with van der Waals surface area (Å²) in [6.07, 6.45) is 0.828. The van der Waals surface area contributed by atoms with E-state index >= 15 is 0 Å². The van der Waals surface area contributed by atoms with Crippen molar-refractivity contribution in [2.24, 2.45) is 0 Å². The number of anilines is 1. The molecule has 23 heavy (non-hydrogen) atoms. The van der Waals surface area contributed by atoms with Gasteiger partial charge in [-0.1, -0.05) is 30.1 Å². The molecule has 1 heterocycles. The SMILES string of the molecule is CC[C@H](C)NC(=O)c1csc(NC(=O)c2ccc(Cl)cc2Cl)n1. The fourth-order valence-electron chi connectivity index (χ4n) is 1.67. The largest absolute Gasteiger partial charge is 0.348 e. The summed E-state index contributed by atoms with van der Waals surface area (Å²) in [5, 5.41) is 8.06. The van der Waals surface area contributed by atoms with E-state index in [9.17, 15) is 9.59 Å². The number of hydrogen-bond donors (Lipinski definition) is 2. The van der Waals surface area contributed by atoms with Crippen LogP contribution < -0.4 is 10.6 Å². The number of carbonyl (C=O) groups is 2. The summed E-state index contributed by atoms with van der Waals surface area (Å²) < 4.78 is 0. The van der Waals surface area contributed by atoms with Crippen LogP contribution in [0.1, 0.15) is 41.1 Å². The third-order valence-electron chi connectivity index (χ3n) is 3.12. The van der Waals surface area contributed by atoms with Gasteiger partial charge in [0.05, 0.1) is 10.6 Å². The number of benzene rings is 1. The molecule has 0 radical (unpaired) electrons. The fourth-order valence-corrected chi connectivity index (χ4v) is 2.85. The van der Waals surface area contributed by atoms with Gasteiger partial charge in [-0.15, -0.1) is 11.3 Å². The van der Waals surface area contributed by atoms with Crippen molar-refractivity contribution in [1.82, 2.24) is 10.3 Å². The van der Waals surface area contributed by atoms with Crippen molar-refractivity contribution in [3.63, 3.8) is 0 Å². The lowest BCUT2D eigenvalue weighted by Gasteiger charge is -2.09. The van der Waals surface area contributed by atoms with Gasteiger partial charge >= 0.3 is 0 Å². The van der Waals surface area contributed by atoms with Gasteiger partial charge in [0.1, 0.15) is 5.69 Å². The quantitative estimate of drug-likeness (QED) is 0.825. The van der Waals surface area contributed by atoms with Gasteiger partial charge < -0.3 is 5.32 Å². The third-order valence-corrected chi connectivity index (χ3v) is 4.43. The summed E-state index contributed by atoms with van der Waals surface area (Å²) in [4.78, 5) is 28.3. The first kappa shape index (κ1) is 17.7. The molecule has 0 saturated heterocycles. The number of amides is 2. The van der Waals surface area contributed by atoms with Crippen LogP contribution >= 0.6 is 34.5 Å². The minimum atomic E-state index is -0.407. The summed E-state index contributed by atoms with van der Waals surface area (Å²) >= 11 is 13.0. The zero-order valence-electron chi connectivity index (χ0n) is 12.5. The number of aromatic nitrogens is 1. The van der Waals surface area contributed by atoms with Crippen LogP contribution in [0.5, 0.6) is 0 Å². The molecule has 1 atom stereocenters. The maximum atomic E-state index is 12.2. The molecular weight excluding hydrogens is 357 g/mol. The van der Waals surface area contributed by atoms with Gasteiger partial charge in [-0.3, -0.25) is 14.9 Å². The Hall–Kier alpha value is -1.63. The van der Waals surface area contributed by atoms with Crippen LogP contribution in [0.3, 0.4) is 0 Å². The van der Waals surface area contributed by atoms with Crippen molar-refractivity contribution in [1.29, 1.82) is 0 Å². The lowest BCUT2D eigenvalue weighted by atomic mass is 10.2. The molecule has 0 aliphatic heterocycles. The van der Waals surface area contributed by atoms with E-state index in [0.29, 0.717) is 10.2 Å². The molecule has 2 amide bonds. The zero-order chi connectivity index (χ0) is 17.0. The number of hydrogen-bond acceptors (Lipinski definition) is 4. The second kappa shape index (κ2) is 7.77. The molecule has 1 aromatic carbocycles. The van der Waals surface area contributed by atoms with E-state index in [0.717, 1.165) is 6.42 Å². The molecule has 0 aliphatic rings. The lowest BCUT2D eigenvalue weighted by molar-refractivity contribution is 0.0933. The van der Waals surface area contributed by atoms with Crippen molar-refractivity contribution in [2.75, 3.05) is 5.32 Å². The van der Waals surface area contributed by atoms with Crippen molar-refractivity contribution in [2.45, 2.75) is 26.3 Å². The summed E-state index contributed by atoms with van der Waals surface area (Å²) in [5.41, 5.74) is 0.560. The molecule has 0 saturated carbocycles. The lowest BCUT2D eigenvalue weighted by Crippen LogP contribution is -2.32. The van der Waals surface area contributed by atoms with Gasteiger partial charge in [-0.2, -0.15) is 0 Å². The third kappa shape index (κ3) is 4.67. The molecule has 0 fully saturated rings. The van der Waals surface area contributed by atoms with Crippen molar-refractivity contribution in [3.8, 4) is 0 Å². The highest BCUT2D eigenvalue weighted by molar-refractivity contribution is 7.14. The molecule has 0 bridgehead atoms. The minimum Gasteiger partial charge on any atom is -0.348 e. The van der Waals surface area contributed by atoms with E-state index < -0.39 is 5.91 Å². The normalized spacial score (nSPS) is 11.8. The van der Waals surface area contributed by atoms with Crippen molar-refractivity contribution in [3.05, 3.63) is 44.9 Å². The van der Waals surface area contributed by atoms with Crippen LogP contribution in [0.4, 0.5) is 5.13 Å². The highest BCUT2D eigenvalue weighted by Crippen LogP contribution is 2.23. The average Bonchev–Trinajstić information content (AvgIpc) is 2.95. The zero-order valence-corrected chi connectivity index (χ0v) is 14.9. The maximum absolute atomic E-state index is 12.2. The Morgan fingerprint density at radius 1 is 1.30 bits per heavy atom. The van der Waals surface area contributed by atoms with Gasteiger partial charge in [-0.05, 0) is 31.5 Å². The number of nitrogens with one attached hydrogen (secondary N) is 2. The Labute approximate surface area is 148 Å². The molecule has 0 aliphatic carbocycles. The molecule has 2 aromatic rings. The maximum Gasteiger partial charge on any atom is 0.271 e. The van der Waals surface area contributed by atoms with Crippen LogP contribution in [-0.2, 0) is 0 Å². The summed E-state index contributed by atoms with van der Waals surface area (Å²) in [6, 6.07) is 4.67. The average molecular weight is 372 g/mol. The van der Waals surface area contributed by atoms with Crippen molar-refractivity contribution >= 4 is 51.5 Å². The second-order valence-electron chi connectivity index (χ2n) is 4.90. The highest BCUT2D eigenvalue weighted by atomic mass is 35.5. The molecule has 0 spiro atoms. The number of nitrogens with zero attached hydrogens (tertiary/aromatic N) is 1. The standard InChI is InChI=1S/C15H15Cl2N3O2S/c1-3-8(2)18-14(22)12-7-23-15(19-12)20-13(21)10-5-4-9(16)6-11(10)17/h4-8H,3H2,1-2H3,(H,18,22)(H,19,20,21)/t8-/m0/s1. The number of thiazole rings is 1. The van der Waals surface area contributed by atoms with Crippen LogP contribution in [-0.4, -0.2) is 22.8 Å². The van der Waals surface area contributed by atoms with E-state index in [4.69, 9.17) is 23.2 Å². The Kier molecular flexibility index (Phi) is 5.98. The van der Waals surface area contributed by atoms with Crippen LogP contribution in [0.2, 0.25) is 10.0 Å². The van der Waals surface area contributed by atoms with Crippen LogP contribution in [0.25, 0.3) is 0 Å². The van der Waals surface area contributed by atoms with Crippen molar-refractivity contribution < 1.29 is 9.59 Å². The molecule has 0 unspecified atom stereocenters. The fraction of sp³-hybridized carbons (Fsp3) is 0.267. The Morgan fingerprint density at radius 2 is 2.04 bits per heavy atom. The van der Waals surface area contributed by atoms with Gasteiger partial charge in [-0.25, -0.2) is 4.98 Å². The molecule has 2 rings (SSSR count). The summed E-state index contributed by atoms with van der Waals surface area (Å²) in [5.74, 6) is -0.671. The highest BCUT2D eigenvalue weighted by Gasteiger charge is 2.16.